The summed E-state index contributed by atoms with van der Waals surface area (Å²) in [6.07, 6.45) is 8.58. The highest BCUT2D eigenvalue weighted by molar-refractivity contribution is 5.78. The van der Waals surface area contributed by atoms with E-state index in [2.05, 4.69) is 66.1 Å². The molecule has 2 aromatic carbocycles. The van der Waals surface area contributed by atoms with Gasteiger partial charge in [0.1, 0.15) is 11.9 Å². The largest absolute Gasteiger partial charge is 0.493 e. The van der Waals surface area contributed by atoms with Gasteiger partial charge in [-0.05, 0) is 87.4 Å². The van der Waals surface area contributed by atoms with Gasteiger partial charge in [-0.2, -0.15) is 0 Å². The third-order valence-electron chi connectivity index (χ3n) is 10.5. The number of hydrogen-bond donors (Lipinski definition) is 0. The average molecular weight is 573 g/mol. The summed E-state index contributed by atoms with van der Waals surface area (Å²) in [5.74, 6) is 3.02. The molecule has 6 nitrogen and oxygen atoms in total. The molecule has 0 aromatic heterocycles. The Balaban J connectivity index is 1.25. The van der Waals surface area contributed by atoms with Crippen molar-refractivity contribution in [1.29, 1.82) is 0 Å². The predicted octanol–water partition coefficient (Wildman–Crippen LogP) is 5.98. The summed E-state index contributed by atoms with van der Waals surface area (Å²) in [6, 6.07) is 15.3. The molecule has 2 aliphatic carbocycles. The van der Waals surface area contributed by atoms with Crippen LogP contribution >= 0.6 is 0 Å². The molecule has 2 bridgehead atoms. The lowest BCUT2D eigenvalue weighted by Gasteiger charge is -2.60. The standard InChI is InChI=1S/C36H48N2O4/c1-24(2)22-38(32(40)14-10-6-9-13-26-11-7-5-8-12-26)29-17-16-28-30-21-27-15-18-31(41-4)34-33(27)36(28,35(29)42-34)19-20-37(30)23-25(3)39/h5,7-8,11-12,15,18,24,28-30,35H,6,9-10,13-14,16-17,19-23H2,1-4H3/t28-,29+,30+,35-,36-/m0/s1. The molecular weight excluding hydrogens is 524 g/mol. The van der Waals surface area contributed by atoms with Crippen LogP contribution in [-0.4, -0.2) is 66.4 Å². The Bertz CT molecular complexity index is 1290. The Labute approximate surface area is 251 Å². The fraction of sp³-hybridized carbons (Fsp3) is 0.611. The van der Waals surface area contributed by atoms with E-state index >= 15 is 0 Å². The van der Waals surface area contributed by atoms with E-state index in [1.165, 1.54) is 16.7 Å². The molecule has 0 unspecified atom stereocenters. The van der Waals surface area contributed by atoms with Gasteiger partial charge in [-0.1, -0.05) is 56.7 Å². The van der Waals surface area contributed by atoms with Crippen LogP contribution in [0.1, 0.15) is 82.4 Å². The number of ketones is 1. The van der Waals surface area contributed by atoms with Crippen LogP contribution in [0.2, 0.25) is 0 Å². The predicted molar refractivity (Wildman–Crippen MR) is 165 cm³/mol. The van der Waals surface area contributed by atoms with Crippen molar-refractivity contribution in [3.63, 3.8) is 0 Å². The molecule has 42 heavy (non-hydrogen) atoms. The summed E-state index contributed by atoms with van der Waals surface area (Å²) in [5.41, 5.74) is 3.92. The summed E-state index contributed by atoms with van der Waals surface area (Å²) in [6.45, 7) is 8.31. The highest BCUT2D eigenvalue weighted by Gasteiger charge is 2.66. The molecule has 2 aromatic rings. The zero-order valence-corrected chi connectivity index (χ0v) is 25.9. The number of carbonyl (C=O) groups is 2. The molecule has 2 heterocycles. The summed E-state index contributed by atoms with van der Waals surface area (Å²) >= 11 is 0. The maximum atomic E-state index is 14.0. The van der Waals surface area contributed by atoms with Gasteiger partial charge in [0.25, 0.3) is 0 Å². The van der Waals surface area contributed by atoms with E-state index in [0.29, 0.717) is 30.8 Å². The second-order valence-electron chi connectivity index (χ2n) is 13.6. The summed E-state index contributed by atoms with van der Waals surface area (Å²) in [7, 11) is 1.73. The molecule has 1 spiro atoms. The van der Waals surface area contributed by atoms with E-state index in [1.807, 2.05) is 0 Å². The minimum atomic E-state index is -0.135. The van der Waals surface area contributed by atoms with Crippen LogP contribution < -0.4 is 9.47 Å². The molecule has 6 heteroatoms. The first-order chi connectivity index (χ1) is 20.3. The molecule has 0 N–H and O–H groups in total. The number of benzene rings is 2. The normalized spacial score (nSPS) is 27.4. The Hall–Kier alpha value is -2.86. The SMILES string of the molecule is COc1ccc2c3c1O[C@H]1[C@H](N(CC(C)C)C(=O)CCCCCc4ccccc4)CC[C@H]4[C@@H](C2)N(CC(C)=O)CC[C@@]341. The molecular formula is C36H48N2O4. The fourth-order valence-electron chi connectivity index (χ4n) is 8.94. The number of hydrogen-bond acceptors (Lipinski definition) is 5. The smallest absolute Gasteiger partial charge is 0.222 e. The Kier molecular flexibility index (Phi) is 8.37. The number of nitrogens with zero attached hydrogens (tertiary/aromatic N) is 2. The number of rotatable bonds is 12. The van der Waals surface area contributed by atoms with Gasteiger partial charge in [-0.15, -0.1) is 0 Å². The van der Waals surface area contributed by atoms with Crippen LogP contribution in [0, 0.1) is 11.8 Å². The topological polar surface area (TPSA) is 59.1 Å². The van der Waals surface area contributed by atoms with Crippen LogP contribution in [0.5, 0.6) is 11.5 Å². The fourth-order valence-corrected chi connectivity index (χ4v) is 8.94. The van der Waals surface area contributed by atoms with E-state index in [1.54, 1.807) is 14.0 Å². The van der Waals surface area contributed by atoms with Crippen molar-refractivity contribution in [2.45, 2.75) is 102 Å². The van der Waals surface area contributed by atoms with Crippen LogP contribution in [-0.2, 0) is 27.8 Å². The zero-order chi connectivity index (χ0) is 29.4. The lowest BCUT2D eigenvalue weighted by atomic mass is 9.51. The number of aryl methyl sites for hydroxylation is 1. The minimum absolute atomic E-state index is 0.0449. The van der Waals surface area contributed by atoms with Gasteiger partial charge in [-0.3, -0.25) is 14.5 Å². The molecule has 2 aliphatic heterocycles. The van der Waals surface area contributed by atoms with Crippen LogP contribution in [0.4, 0.5) is 0 Å². The molecule has 5 atom stereocenters. The van der Waals surface area contributed by atoms with Crippen LogP contribution in [0.3, 0.4) is 0 Å². The van der Waals surface area contributed by atoms with Crippen molar-refractivity contribution < 1.29 is 19.1 Å². The molecule has 0 radical (unpaired) electrons. The first-order valence-electron chi connectivity index (χ1n) is 16.3. The van der Waals surface area contributed by atoms with Crippen LogP contribution in [0.15, 0.2) is 42.5 Å². The van der Waals surface area contributed by atoms with E-state index in [4.69, 9.17) is 9.47 Å². The molecule has 1 saturated carbocycles. The van der Waals surface area contributed by atoms with E-state index in [-0.39, 0.29) is 29.3 Å². The molecule has 226 valence electrons. The number of amides is 1. The quantitative estimate of drug-likeness (QED) is 0.293. The van der Waals surface area contributed by atoms with Gasteiger partial charge < -0.3 is 14.4 Å². The monoisotopic (exact) mass is 572 g/mol. The Morgan fingerprint density at radius 1 is 1.10 bits per heavy atom. The van der Waals surface area contributed by atoms with Crippen molar-refractivity contribution in [2.24, 2.45) is 11.8 Å². The number of piperidine rings is 1. The van der Waals surface area contributed by atoms with Gasteiger partial charge >= 0.3 is 0 Å². The van der Waals surface area contributed by atoms with Crippen LogP contribution in [0.25, 0.3) is 0 Å². The summed E-state index contributed by atoms with van der Waals surface area (Å²) < 4.78 is 12.9. The van der Waals surface area contributed by atoms with E-state index in [9.17, 15) is 9.59 Å². The maximum absolute atomic E-state index is 14.0. The van der Waals surface area contributed by atoms with Crippen molar-refractivity contribution >= 4 is 11.7 Å². The molecule has 1 saturated heterocycles. The van der Waals surface area contributed by atoms with Crippen molar-refractivity contribution in [3.05, 3.63) is 59.2 Å². The third kappa shape index (κ3) is 5.14. The first-order valence-corrected chi connectivity index (χ1v) is 16.3. The van der Waals surface area contributed by atoms with Gasteiger partial charge in [0.15, 0.2) is 11.5 Å². The number of likely N-dealkylation sites (tertiary alicyclic amines) is 1. The van der Waals surface area contributed by atoms with Gasteiger partial charge in [0.05, 0.1) is 19.7 Å². The lowest BCUT2D eigenvalue weighted by molar-refractivity contribution is -0.144. The first kappa shape index (κ1) is 29.2. The summed E-state index contributed by atoms with van der Waals surface area (Å²) in [4.78, 5) is 30.9. The summed E-state index contributed by atoms with van der Waals surface area (Å²) in [5, 5.41) is 0. The number of methoxy groups -OCH3 is 1. The number of Topliss-reactive ketones (excluding diaryl/α,β-unsaturated/α-hetero) is 1. The van der Waals surface area contributed by atoms with Crippen molar-refractivity contribution in [1.82, 2.24) is 9.80 Å². The Morgan fingerprint density at radius 2 is 1.90 bits per heavy atom. The number of unbranched alkanes of at least 4 members (excludes halogenated alkanes) is 2. The van der Waals surface area contributed by atoms with E-state index < -0.39 is 0 Å². The second kappa shape index (κ2) is 12.0. The molecule has 6 rings (SSSR count). The van der Waals surface area contributed by atoms with E-state index in [0.717, 1.165) is 76.0 Å². The minimum Gasteiger partial charge on any atom is -0.493 e. The highest BCUT2D eigenvalue weighted by Crippen LogP contribution is 2.64. The molecule has 1 amide bonds. The van der Waals surface area contributed by atoms with Gasteiger partial charge in [-0.25, -0.2) is 0 Å². The van der Waals surface area contributed by atoms with Crippen molar-refractivity contribution in [2.75, 3.05) is 26.7 Å². The van der Waals surface area contributed by atoms with Crippen molar-refractivity contribution in [3.8, 4) is 11.5 Å². The Morgan fingerprint density at radius 3 is 2.64 bits per heavy atom. The van der Waals surface area contributed by atoms with Gasteiger partial charge in [0, 0.05) is 30.0 Å². The zero-order valence-electron chi connectivity index (χ0n) is 25.9. The third-order valence-corrected chi connectivity index (χ3v) is 10.5. The average Bonchev–Trinajstić information content (AvgIpc) is 3.32. The molecule has 4 aliphatic rings. The lowest BCUT2D eigenvalue weighted by Crippen LogP contribution is -2.69. The second-order valence-corrected chi connectivity index (χ2v) is 13.6. The van der Waals surface area contributed by atoms with Gasteiger partial charge in [0.2, 0.25) is 5.91 Å². The number of carbonyl (C=O) groups excluding carboxylic acids is 2. The number of ether oxygens (including phenoxy) is 2. The maximum Gasteiger partial charge on any atom is 0.222 e. The highest BCUT2D eigenvalue weighted by atomic mass is 16.5. The molecule has 2 fully saturated rings.